The van der Waals surface area contributed by atoms with Gasteiger partial charge < -0.3 is 10.6 Å². The number of carbonyl (C=O) groups is 3. The van der Waals surface area contributed by atoms with Crippen LogP contribution in [0, 0.1) is 0 Å². The number of hydrogen-bond acceptors (Lipinski definition) is 6. The number of rotatable bonds is 9. The van der Waals surface area contributed by atoms with Crippen molar-refractivity contribution in [1.82, 2.24) is 15.5 Å². The van der Waals surface area contributed by atoms with Gasteiger partial charge in [-0.15, -0.1) is 0 Å². The third kappa shape index (κ3) is 5.94. The highest BCUT2D eigenvalue weighted by molar-refractivity contribution is 8.15. The van der Waals surface area contributed by atoms with Crippen LogP contribution in [0.15, 0.2) is 34.3 Å². The average Bonchev–Trinajstić information content (AvgIpc) is 3.19. The second-order valence-electron chi connectivity index (χ2n) is 9.32. The molecule has 0 bridgehead atoms. The van der Waals surface area contributed by atoms with Crippen LogP contribution in [0.2, 0.25) is 0 Å². The molecule has 2 N–H and O–H groups in total. The maximum absolute atomic E-state index is 13.4. The van der Waals surface area contributed by atoms with E-state index in [4.69, 9.17) is 4.99 Å². The zero-order valence-electron chi connectivity index (χ0n) is 20.6. The molecule has 188 valence electrons. The Morgan fingerprint density at radius 3 is 2.69 bits per heavy atom. The van der Waals surface area contributed by atoms with Crippen molar-refractivity contribution in [2.24, 2.45) is 9.98 Å². The molecule has 8 nitrogen and oxygen atoms in total. The number of nitrogens with zero attached hydrogens (tertiary/aromatic N) is 3. The summed E-state index contributed by atoms with van der Waals surface area (Å²) in [5, 5.41) is 6.16. The van der Waals surface area contributed by atoms with Gasteiger partial charge >= 0.3 is 0 Å². The topological polar surface area (TPSA) is 103 Å². The second kappa shape index (κ2) is 11.8. The van der Waals surface area contributed by atoms with Crippen molar-refractivity contribution in [3.63, 3.8) is 0 Å². The van der Waals surface area contributed by atoms with Crippen molar-refractivity contribution in [2.45, 2.75) is 89.0 Å². The number of nitrogens with one attached hydrogen (secondary N) is 2. The zero-order chi connectivity index (χ0) is 24.8. The van der Waals surface area contributed by atoms with Gasteiger partial charge in [-0.2, -0.15) is 0 Å². The summed E-state index contributed by atoms with van der Waals surface area (Å²) in [5.74, 6) is 0.0487. The molecular weight excluding hydrogens is 462 g/mol. The van der Waals surface area contributed by atoms with Crippen LogP contribution >= 0.6 is 11.8 Å². The minimum atomic E-state index is -0.792. The highest BCUT2D eigenvalue weighted by atomic mass is 32.2. The van der Waals surface area contributed by atoms with E-state index >= 15 is 0 Å². The Hall–Kier alpha value is -2.68. The second-order valence-corrected chi connectivity index (χ2v) is 10.5. The molecule has 3 aliphatic rings. The van der Waals surface area contributed by atoms with Crippen LogP contribution in [0.5, 0.6) is 0 Å². The van der Waals surface area contributed by atoms with E-state index in [9.17, 15) is 14.4 Å². The predicted molar refractivity (Wildman–Crippen MR) is 140 cm³/mol. The van der Waals surface area contributed by atoms with Crippen molar-refractivity contribution < 1.29 is 14.4 Å². The number of amidine groups is 2. The Morgan fingerprint density at radius 2 is 1.94 bits per heavy atom. The first-order valence-corrected chi connectivity index (χ1v) is 13.7. The van der Waals surface area contributed by atoms with E-state index in [0.717, 1.165) is 44.1 Å². The third-order valence-electron chi connectivity index (χ3n) is 6.64. The number of thioether (sulfide) groups is 1. The Balaban J connectivity index is 1.52. The van der Waals surface area contributed by atoms with Crippen molar-refractivity contribution in [1.29, 1.82) is 0 Å². The molecule has 0 aromatic heterocycles. The lowest BCUT2D eigenvalue weighted by Crippen LogP contribution is -2.45. The fourth-order valence-corrected chi connectivity index (χ4v) is 5.69. The van der Waals surface area contributed by atoms with E-state index in [-0.39, 0.29) is 35.4 Å². The number of hydrogen-bond donors (Lipinski definition) is 2. The van der Waals surface area contributed by atoms with Gasteiger partial charge in [0.2, 0.25) is 11.8 Å². The first kappa shape index (κ1) is 25.4. The van der Waals surface area contributed by atoms with E-state index in [1.54, 1.807) is 0 Å². The molecule has 0 saturated heterocycles. The Labute approximate surface area is 211 Å². The van der Waals surface area contributed by atoms with Crippen molar-refractivity contribution >= 4 is 46.2 Å². The van der Waals surface area contributed by atoms with E-state index in [2.05, 4.69) is 22.5 Å². The van der Waals surface area contributed by atoms with Gasteiger partial charge in [-0.25, -0.2) is 9.89 Å². The molecule has 0 spiro atoms. The lowest BCUT2D eigenvalue weighted by Gasteiger charge is -2.29. The average molecular weight is 498 g/mol. The number of aliphatic imine (C=N–C) groups is 2. The van der Waals surface area contributed by atoms with Crippen LogP contribution in [0.3, 0.4) is 0 Å². The van der Waals surface area contributed by atoms with Gasteiger partial charge in [0, 0.05) is 18.2 Å². The smallest absolute Gasteiger partial charge is 0.259 e. The van der Waals surface area contributed by atoms with Crippen LogP contribution in [-0.4, -0.2) is 57.5 Å². The molecule has 0 unspecified atom stereocenters. The summed E-state index contributed by atoms with van der Waals surface area (Å²) in [4.78, 5) is 49.9. The van der Waals surface area contributed by atoms with Crippen molar-refractivity contribution in [3.05, 3.63) is 29.8 Å². The molecule has 1 aliphatic carbocycles. The summed E-state index contributed by atoms with van der Waals surface area (Å²) in [6, 6.07) is 6.98. The third-order valence-corrected chi connectivity index (χ3v) is 7.96. The monoisotopic (exact) mass is 497 g/mol. The van der Waals surface area contributed by atoms with Crippen molar-refractivity contribution in [2.75, 3.05) is 6.54 Å². The van der Waals surface area contributed by atoms with Gasteiger partial charge in [0.25, 0.3) is 5.91 Å². The quantitative estimate of drug-likeness (QED) is 0.505. The molecule has 1 aromatic carbocycles. The van der Waals surface area contributed by atoms with Crippen LogP contribution in [0.1, 0.15) is 77.2 Å². The molecule has 3 amide bonds. The fourth-order valence-electron chi connectivity index (χ4n) is 4.66. The van der Waals surface area contributed by atoms with Gasteiger partial charge in [-0.05, 0) is 37.8 Å². The van der Waals surface area contributed by atoms with E-state index in [0.29, 0.717) is 29.7 Å². The van der Waals surface area contributed by atoms with Gasteiger partial charge in [0.1, 0.15) is 11.9 Å². The Morgan fingerprint density at radius 1 is 1.17 bits per heavy atom. The number of carbonyl (C=O) groups excluding carboxylic acids is 3. The van der Waals surface area contributed by atoms with E-state index < -0.39 is 6.04 Å². The minimum Gasteiger partial charge on any atom is -0.356 e. The predicted octanol–water partition coefficient (Wildman–Crippen LogP) is 3.91. The highest BCUT2D eigenvalue weighted by Gasteiger charge is 2.43. The molecule has 1 fully saturated rings. The zero-order valence-corrected chi connectivity index (χ0v) is 21.4. The first-order chi connectivity index (χ1) is 17.0. The molecule has 2 heterocycles. The minimum absolute atomic E-state index is 0.00202. The van der Waals surface area contributed by atoms with Crippen molar-refractivity contribution in [3.8, 4) is 0 Å². The summed E-state index contributed by atoms with van der Waals surface area (Å²) in [6.07, 6.45) is 8.05. The maximum Gasteiger partial charge on any atom is 0.259 e. The SMILES string of the molecule is CCCCNC(=O)C[C@H]1N=C2c3ccccc3N=C(S[C@H](CC)C(=O)NC3CCCCC3)N2C1=O. The van der Waals surface area contributed by atoms with Crippen LogP contribution < -0.4 is 10.6 Å². The summed E-state index contributed by atoms with van der Waals surface area (Å²) < 4.78 is 0. The van der Waals surface area contributed by atoms with Gasteiger partial charge in [-0.1, -0.05) is 63.4 Å². The number of benzene rings is 1. The summed E-state index contributed by atoms with van der Waals surface area (Å²) >= 11 is 1.31. The van der Waals surface area contributed by atoms with E-state index in [1.165, 1.54) is 23.1 Å². The van der Waals surface area contributed by atoms with Gasteiger partial charge in [-0.3, -0.25) is 19.4 Å². The van der Waals surface area contributed by atoms with Crippen LogP contribution in [-0.2, 0) is 14.4 Å². The fraction of sp³-hybridized carbons (Fsp3) is 0.577. The summed E-state index contributed by atoms with van der Waals surface area (Å²) in [5.41, 5.74) is 1.48. The first-order valence-electron chi connectivity index (χ1n) is 12.8. The van der Waals surface area contributed by atoms with Gasteiger partial charge in [0.05, 0.1) is 17.4 Å². The summed E-state index contributed by atoms with van der Waals surface area (Å²) in [7, 11) is 0. The molecule has 0 radical (unpaired) electrons. The number of fused-ring (bicyclic) bond motifs is 3. The molecule has 1 saturated carbocycles. The Kier molecular flexibility index (Phi) is 8.59. The Bertz CT molecular complexity index is 1020. The molecule has 35 heavy (non-hydrogen) atoms. The molecule has 1 aromatic rings. The molecule has 4 rings (SSSR count). The molecule has 2 aliphatic heterocycles. The van der Waals surface area contributed by atoms with Gasteiger partial charge in [0.15, 0.2) is 5.17 Å². The van der Waals surface area contributed by atoms with Crippen LogP contribution in [0.4, 0.5) is 5.69 Å². The molecule has 2 atom stereocenters. The standard InChI is InChI=1S/C26H35N5O3S/c1-3-5-15-27-22(32)16-20-25(34)31-23(29-20)18-13-9-10-14-19(18)30-26(31)35-21(4-2)24(33)28-17-11-7-6-8-12-17/h9-10,13-14,17,20-21H,3-8,11-12,15-16H2,1-2H3,(H,27,32)(H,28,33)/t20-,21-/m1/s1. The van der Waals surface area contributed by atoms with E-state index in [1.807, 2.05) is 31.2 Å². The normalized spacial score (nSPS) is 20.5. The lowest BCUT2D eigenvalue weighted by atomic mass is 9.95. The number of para-hydroxylation sites is 1. The largest absolute Gasteiger partial charge is 0.356 e. The molecule has 9 heteroatoms. The highest BCUT2D eigenvalue weighted by Crippen LogP contribution is 2.35. The van der Waals surface area contributed by atoms with Crippen LogP contribution in [0.25, 0.3) is 0 Å². The lowest BCUT2D eigenvalue weighted by molar-refractivity contribution is -0.128. The number of amides is 3. The summed E-state index contributed by atoms with van der Waals surface area (Å²) in [6.45, 7) is 4.63. The molecular formula is C26H35N5O3S. The maximum atomic E-state index is 13.4. The number of unbranched alkanes of at least 4 members (excludes halogenated alkanes) is 1.